The maximum atomic E-state index is 2.69. The molecule has 2 bridgehead atoms. The molecule has 1 aliphatic carbocycles. The van der Waals surface area contributed by atoms with E-state index in [2.05, 4.69) is 25.7 Å². The van der Waals surface area contributed by atoms with Crippen LogP contribution < -0.4 is 0 Å². The maximum absolute atomic E-state index is 2.69. The summed E-state index contributed by atoms with van der Waals surface area (Å²) in [5.74, 6) is 0.845. The number of nitrogens with zero attached hydrogens (tertiary/aromatic N) is 1. The van der Waals surface area contributed by atoms with Crippen molar-refractivity contribution in [3.63, 3.8) is 0 Å². The molecule has 2 aliphatic heterocycles. The molecule has 0 aromatic carbocycles. The van der Waals surface area contributed by atoms with Crippen LogP contribution in [0, 0.1) is 11.3 Å². The van der Waals surface area contributed by atoms with Gasteiger partial charge < -0.3 is 0 Å². The monoisotopic (exact) mass is 153 g/mol. The Labute approximate surface area is 69.8 Å². The molecule has 64 valence electrons. The van der Waals surface area contributed by atoms with Crippen LogP contribution in [0.2, 0.25) is 0 Å². The lowest BCUT2D eigenvalue weighted by molar-refractivity contribution is 0.187. The van der Waals surface area contributed by atoms with Gasteiger partial charge in [0.25, 0.3) is 0 Å². The predicted molar refractivity (Wildman–Crippen MR) is 47.5 cm³/mol. The predicted octanol–water partition coefficient (Wildman–Crippen LogP) is 2.13. The summed E-state index contributed by atoms with van der Waals surface area (Å²) in [6.45, 7) is 9.76. The smallest absolute Gasteiger partial charge is 0.0107 e. The van der Waals surface area contributed by atoms with Crippen molar-refractivity contribution in [2.24, 2.45) is 11.3 Å². The van der Waals surface area contributed by atoms with Gasteiger partial charge >= 0.3 is 0 Å². The van der Waals surface area contributed by atoms with Gasteiger partial charge in [-0.2, -0.15) is 0 Å². The summed E-state index contributed by atoms with van der Waals surface area (Å²) in [7, 11) is 0. The average Bonchev–Trinajstić information content (AvgIpc) is 2.17. The summed E-state index contributed by atoms with van der Waals surface area (Å²) < 4.78 is 0. The fourth-order valence-corrected chi connectivity index (χ4v) is 2.77. The van der Waals surface area contributed by atoms with Crippen LogP contribution in [0.5, 0.6) is 0 Å². The standard InChI is InChI=1S/C10H19N/c1-8(2)6-11-7-10(3)4-9(11)5-10/h8-9H,4-7H2,1-3H3. The Morgan fingerprint density at radius 1 is 1.45 bits per heavy atom. The van der Waals surface area contributed by atoms with Crippen LogP contribution in [-0.4, -0.2) is 24.0 Å². The highest BCUT2D eigenvalue weighted by molar-refractivity contribution is 5.05. The van der Waals surface area contributed by atoms with E-state index in [0.717, 1.165) is 17.4 Å². The van der Waals surface area contributed by atoms with E-state index >= 15 is 0 Å². The van der Waals surface area contributed by atoms with Gasteiger partial charge in [0.05, 0.1) is 0 Å². The molecule has 1 saturated carbocycles. The fourth-order valence-electron chi connectivity index (χ4n) is 2.77. The molecule has 2 heterocycles. The van der Waals surface area contributed by atoms with E-state index in [1.165, 1.54) is 25.9 Å². The highest BCUT2D eigenvalue weighted by Gasteiger charge is 2.51. The number of rotatable bonds is 2. The van der Waals surface area contributed by atoms with Gasteiger partial charge in [-0.15, -0.1) is 0 Å². The van der Waals surface area contributed by atoms with Crippen LogP contribution >= 0.6 is 0 Å². The lowest BCUT2D eigenvalue weighted by atomic mass is 9.72. The van der Waals surface area contributed by atoms with Crippen molar-refractivity contribution in [3.05, 3.63) is 0 Å². The van der Waals surface area contributed by atoms with E-state index in [-0.39, 0.29) is 0 Å². The normalized spacial score (nSPS) is 43.1. The van der Waals surface area contributed by atoms with Gasteiger partial charge in [-0.05, 0) is 24.2 Å². The molecule has 11 heavy (non-hydrogen) atoms. The van der Waals surface area contributed by atoms with Gasteiger partial charge in [-0.3, -0.25) is 4.90 Å². The minimum absolute atomic E-state index is 0.722. The highest BCUT2D eigenvalue weighted by atomic mass is 15.2. The zero-order chi connectivity index (χ0) is 8.06. The van der Waals surface area contributed by atoms with Crippen LogP contribution in [0.4, 0.5) is 0 Å². The Bertz CT molecular complexity index is 156. The first-order chi connectivity index (χ1) is 5.09. The lowest BCUT2D eigenvalue weighted by Gasteiger charge is -2.34. The lowest BCUT2D eigenvalue weighted by Crippen LogP contribution is -2.33. The first kappa shape index (κ1) is 7.60. The number of fused-ring (bicyclic) bond motifs is 1. The summed E-state index contributed by atoms with van der Waals surface area (Å²) in [6, 6.07) is 0.961. The molecule has 0 aromatic rings. The van der Waals surface area contributed by atoms with Crippen molar-refractivity contribution in [1.29, 1.82) is 0 Å². The number of hydrogen-bond acceptors (Lipinski definition) is 1. The number of hydrogen-bond donors (Lipinski definition) is 0. The molecule has 1 nitrogen and oxygen atoms in total. The van der Waals surface area contributed by atoms with Crippen LogP contribution in [0.1, 0.15) is 33.6 Å². The van der Waals surface area contributed by atoms with Gasteiger partial charge in [0, 0.05) is 19.1 Å². The van der Waals surface area contributed by atoms with Gasteiger partial charge in [0.1, 0.15) is 0 Å². The maximum Gasteiger partial charge on any atom is 0.0107 e. The first-order valence-electron chi connectivity index (χ1n) is 4.83. The van der Waals surface area contributed by atoms with E-state index in [0.29, 0.717) is 0 Å². The molecule has 0 spiro atoms. The van der Waals surface area contributed by atoms with Crippen molar-refractivity contribution < 1.29 is 0 Å². The van der Waals surface area contributed by atoms with E-state index in [1.54, 1.807) is 0 Å². The molecular weight excluding hydrogens is 134 g/mol. The van der Waals surface area contributed by atoms with Crippen molar-refractivity contribution in [3.8, 4) is 0 Å². The average molecular weight is 153 g/mol. The fraction of sp³-hybridized carbons (Fsp3) is 1.00. The third-order valence-electron chi connectivity index (χ3n) is 3.16. The molecular formula is C10H19N. The Morgan fingerprint density at radius 2 is 2.09 bits per heavy atom. The molecule has 0 N–H and O–H groups in total. The SMILES string of the molecule is CC(C)CN1CC2(C)CC1C2. The zero-order valence-corrected chi connectivity index (χ0v) is 7.93. The molecule has 1 heteroatoms. The van der Waals surface area contributed by atoms with Gasteiger partial charge in [-0.25, -0.2) is 0 Å². The third kappa shape index (κ3) is 1.20. The van der Waals surface area contributed by atoms with Crippen molar-refractivity contribution >= 4 is 0 Å². The highest BCUT2D eigenvalue weighted by Crippen LogP contribution is 2.51. The molecule has 0 aromatic heterocycles. The molecule has 3 fully saturated rings. The zero-order valence-electron chi connectivity index (χ0n) is 7.93. The van der Waals surface area contributed by atoms with Crippen molar-refractivity contribution in [2.45, 2.75) is 39.7 Å². The second kappa shape index (κ2) is 2.22. The molecule has 0 radical (unpaired) electrons. The third-order valence-corrected chi connectivity index (χ3v) is 3.16. The minimum atomic E-state index is 0.722. The Balaban J connectivity index is 1.90. The van der Waals surface area contributed by atoms with Gasteiger partial charge in [0.15, 0.2) is 0 Å². The largest absolute Gasteiger partial charge is 0.300 e. The van der Waals surface area contributed by atoms with Gasteiger partial charge in [0.2, 0.25) is 0 Å². The second-order valence-corrected chi connectivity index (χ2v) is 5.20. The van der Waals surface area contributed by atoms with E-state index in [1.807, 2.05) is 0 Å². The quantitative estimate of drug-likeness (QED) is 0.587. The summed E-state index contributed by atoms with van der Waals surface area (Å²) in [6.07, 6.45) is 2.94. The molecule has 3 rings (SSSR count). The van der Waals surface area contributed by atoms with Crippen molar-refractivity contribution in [2.75, 3.05) is 13.1 Å². The Hall–Kier alpha value is -0.0400. The summed E-state index contributed by atoms with van der Waals surface area (Å²) in [5, 5.41) is 0. The molecule has 0 unspecified atom stereocenters. The molecule has 3 aliphatic rings. The summed E-state index contributed by atoms with van der Waals surface area (Å²) >= 11 is 0. The minimum Gasteiger partial charge on any atom is -0.300 e. The van der Waals surface area contributed by atoms with Crippen LogP contribution in [-0.2, 0) is 0 Å². The summed E-state index contributed by atoms with van der Waals surface area (Å²) in [5.41, 5.74) is 0.722. The van der Waals surface area contributed by atoms with Gasteiger partial charge in [-0.1, -0.05) is 20.8 Å². The molecule has 0 atom stereocenters. The molecule has 0 amide bonds. The van der Waals surface area contributed by atoms with E-state index in [4.69, 9.17) is 0 Å². The van der Waals surface area contributed by atoms with Crippen LogP contribution in [0.3, 0.4) is 0 Å². The van der Waals surface area contributed by atoms with Crippen LogP contribution in [0.15, 0.2) is 0 Å². The van der Waals surface area contributed by atoms with E-state index in [9.17, 15) is 0 Å². The molecule has 2 saturated heterocycles. The van der Waals surface area contributed by atoms with Crippen LogP contribution in [0.25, 0.3) is 0 Å². The second-order valence-electron chi connectivity index (χ2n) is 5.20. The Kier molecular flexibility index (Phi) is 1.54. The first-order valence-corrected chi connectivity index (χ1v) is 4.83. The Morgan fingerprint density at radius 3 is 2.45 bits per heavy atom. The summed E-state index contributed by atoms with van der Waals surface area (Å²) in [4.78, 5) is 2.69. The van der Waals surface area contributed by atoms with Crippen molar-refractivity contribution in [1.82, 2.24) is 4.90 Å². The topological polar surface area (TPSA) is 3.24 Å². The van der Waals surface area contributed by atoms with E-state index < -0.39 is 0 Å².